The van der Waals surface area contributed by atoms with E-state index in [9.17, 15) is 4.79 Å². The van der Waals surface area contributed by atoms with Crippen LogP contribution in [0.3, 0.4) is 0 Å². The first-order chi connectivity index (χ1) is 12.3. The van der Waals surface area contributed by atoms with E-state index in [1.165, 1.54) is 12.0 Å². The van der Waals surface area contributed by atoms with Gasteiger partial charge in [0.15, 0.2) is 0 Å². The van der Waals surface area contributed by atoms with Crippen molar-refractivity contribution in [1.29, 1.82) is 0 Å². The highest BCUT2D eigenvalue weighted by Gasteiger charge is 2.37. The summed E-state index contributed by atoms with van der Waals surface area (Å²) in [6.45, 7) is 5.10. The van der Waals surface area contributed by atoms with E-state index in [2.05, 4.69) is 45.9 Å². The number of benzene rings is 1. The Balaban J connectivity index is 1.45. The van der Waals surface area contributed by atoms with Gasteiger partial charge in [-0.1, -0.05) is 30.3 Å². The maximum absolute atomic E-state index is 12.9. The van der Waals surface area contributed by atoms with Crippen LogP contribution in [0.1, 0.15) is 31.2 Å². The van der Waals surface area contributed by atoms with E-state index in [0.29, 0.717) is 18.5 Å². The number of ether oxygens (including phenoxy) is 1. The van der Waals surface area contributed by atoms with Crippen LogP contribution >= 0.6 is 0 Å². The number of hydrogen-bond donors (Lipinski definition) is 2. The molecule has 4 fully saturated rings. The van der Waals surface area contributed by atoms with Crippen LogP contribution in [0.2, 0.25) is 0 Å². The topological polar surface area (TPSA) is 53.6 Å². The molecule has 1 aromatic rings. The summed E-state index contributed by atoms with van der Waals surface area (Å²) in [5.41, 5.74) is 1.32. The molecule has 4 saturated heterocycles. The molecule has 0 saturated carbocycles. The second kappa shape index (κ2) is 7.34. The number of carbonyl (C=O) groups is 1. The second-order valence-corrected chi connectivity index (χ2v) is 7.83. The Morgan fingerprint density at radius 2 is 2.00 bits per heavy atom. The molecule has 1 aromatic carbocycles. The Kier molecular flexibility index (Phi) is 4.95. The van der Waals surface area contributed by atoms with Crippen LogP contribution in [-0.4, -0.2) is 56.4 Å². The molecular weight excluding hydrogens is 314 g/mol. The molecule has 2 bridgehead atoms. The van der Waals surface area contributed by atoms with Crippen molar-refractivity contribution in [3.05, 3.63) is 35.9 Å². The Morgan fingerprint density at radius 1 is 1.20 bits per heavy atom. The average molecular weight is 343 g/mol. The molecule has 0 radical (unpaired) electrons. The molecule has 2 N–H and O–H groups in total. The average Bonchev–Trinajstić information content (AvgIpc) is 3.03. The van der Waals surface area contributed by atoms with Crippen molar-refractivity contribution in [2.75, 3.05) is 39.4 Å². The van der Waals surface area contributed by atoms with Gasteiger partial charge in [-0.15, -0.1) is 0 Å². The number of carbonyl (C=O) groups excluding carboxylic acids is 1. The van der Waals surface area contributed by atoms with Crippen LogP contribution in [0.5, 0.6) is 0 Å². The minimum Gasteiger partial charge on any atom is -0.381 e. The van der Waals surface area contributed by atoms with Gasteiger partial charge in [0, 0.05) is 44.3 Å². The largest absolute Gasteiger partial charge is 0.381 e. The van der Waals surface area contributed by atoms with Crippen LogP contribution in [0.15, 0.2) is 30.3 Å². The summed E-state index contributed by atoms with van der Waals surface area (Å²) in [7, 11) is 0. The van der Waals surface area contributed by atoms with E-state index in [-0.39, 0.29) is 11.4 Å². The predicted molar refractivity (Wildman–Crippen MR) is 97.7 cm³/mol. The number of nitrogens with zero attached hydrogens (tertiary/aromatic N) is 1. The van der Waals surface area contributed by atoms with Crippen molar-refractivity contribution in [2.24, 2.45) is 5.92 Å². The fourth-order valence-electron chi connectivity index (χ4n) is 4.65. The molecule has 136 valence electrons. The van der Waals surface area contributed by atoms with E-state index in [4.69, 9.17) is 4.74 Å². The highest BCUT2D eigenvalue weighted by Crippen LogP contribution is 2.34. The molecule has 0 spiro atoms. The van der Waals surface area contributed by atoms with Gasteiger partial charge in [0.05, 0.1) is 0 Å². The van der Waals surface area contributed by atoms with Gasteiger partial charge in [0.25, 0.3) is 0 Å². The highest BCUT2D eigenvalue weighted by atomic mass is 16.5. The van der Waals surface area contributed by atoms with Crippen LogP contribution in [0.4, 0.5) is 4.79 Å². The summed E-state index contributed by atoms with van der Waals surface area (Å²) in [4.78, 5) is 15.0. The molecular formula is C20H29N3O2. The molecule has 2 amide bonds. The van der Waals surface area contributed by atoms with Crippen LogP contribution in [0, 0.1) is 5.92 Å². The third kappa shape index (κ3) is 3.53. The van der Waals surface area contributed by atoms with Gasteiger partial charge in [-0.25, -0.2) is 4.79 Å². The van der Waals surface area contributed by atoms with E-state index < -0.39 is 0 Å². The van der Waals surface area contributed by atoms with Crippen LogP contribution in [0.25, 0.3) is 0 Å². The van der Waals surface area contributed by atoms with E-state index in [1.807, 2.05) is 0 Å². The summed E-state index contributed by atoms with van der Waals surface area (Å²) in [6, 6.07) is 11.1. The Bertz CT molecular complexity index is 582. The van der Waals surface area contributed by atoms with Gasteiger partial charge in [-0.05, 0) is 43.7 Å². The smallest absolute Gasteiger partial charge is 0.317 e. The molecule has 5 rings (SSSR count). The third-order valence-corrected chi connectivity index (χ3v) is 6.29. The molecule has 5 nitrogen and oxygen atoms in total. The fraction of sp³-hybridized carbons (Fsp3) is 0.650. The summed E-state index contributed by atoms with van der Waals surface area (Å²) in [5.74, 6) is 0.607. The maximum atomic E-state index is 12.9. The first kappa shape index (κ1) is 16.9. The number of urea groups is 1. The lowest BCUT2D eigenvalue weighted by molar-refractivity contribution is 0.0494. The van der Waals surface area contributed by atoms with E-state index >= 15 is 0 Å². The molecule has 0 aromatic heterocycles. The van der Waals surface area contributed by atoms with E-state index in [0.717, 1.165) is 52.1 Å². The zero-order chi connectivity index (χ0) is 17.1. The first-order valence-electron chi connectivity index (χ1n) is 9.65. The zero-order valence-corrected chi connectivity index (χ0v) is 14.9. The molecule has 4 heterocycles. The van der Waals surface area contributed by atoms with Crippen molar-refractivity contribution in [3.8, 4) is 0 Å². The number of rotatable bonds is 3. The number of fused-ring (bicyclic) bond motifs is 4. The summed E-state index contributed by atoms with van der Waals surface area (Å²) >= 11 is 0. The van der Waals surface area contributed by atoms with Crippen molar-refractivity contribution < 1.29 is 9.53 Å². The predicted octanol–water partition coefficient (Wildman–Crippen LogP) is 2.13. The standard InChI is InChI=1S/C20H29N3O2/c24-19(23-14-16-6-7-18(23)13-21-12-16)22-15-20(8-10-25-11-9-20)17-4-2-1-3-5-17/h1-5,16,18,21H,6-15H2,(H,22,24). The third-order valence-electron chi connectivity index (χ3n) is 6.29. The van der Waals surface area contributed by atoms with Crippen LogP contribution in [-0.2, 0) is 10.2 Å². The molecule has 5 heteroatoms. The molecule has 2 atom stereocenters. The lowest BCUT2D eigenvalue weighted by Gasteiger charge is -2.40. The van der Waals surface area contributed by atoms with Gasteiger partial charge < -0.3 is 20.3 Å². The summed E-state index contributed by atoms with van der Waals surface area (Å²) < 4.78 is 5.59. The van der Waals surface area contributed by atoms with Crippen molar-refractivity contribution in [2.45, 2.75) is 37.1 Å². The monoisotopic (exact) mass is 343 g/mol. The lowest BCUT2D eigenvalue weighted by Crippen LogP contribution is -2.54. The molecule has 0 aliphatic carbocycles. The summed E-state index contributed by atoms with van der Waals surface area (Å²) in [5, 5.41) is 6.77. The number of piperidine rings is 1. The highest BCUT2D eigenvalue weighted by molar-refractivity contribution is 5.75. The minimum absolute atomic E-state index is 0.00170. The number of amides is 2. The normalized spacial score (nSPS) is 28.4. The lowest BCUT2D eigenvalue weighted by atomic mass is 9.74. The quantitative estimate of drug-likeness (QED) is 0.884. The van der Waals surface area contributed by atoms with E-state index in [1.54, 1.807) is 0 Å². The number of nitrogens with one attached hydrogen (secondary N) is 2. The summed E-state index contributed by atoms with van der Waals surface area (Å²) in [6.07, 6.45) is 4.30. The molecule has 4 aliphatic rings. The van der Waals surface area contributed by atoms with Gasteiger partial charge in [-0.2, -0.15) is 0 Å². The van der Waals surface area contributed by atoms with Gasteiger partial charge in [0.1, 0.15) is 0 Å². The second-order valence-electron chi connectivity index (χ2n) is 7.83. The Hall–Kier alpha value is -1.59. The molecule has 4 aliphatic heterocycles. The SMILES string of the molecule is O=C(NCC1(c2ccccc2)CCOCC1)N1CC2CCC1CNC2. The van der Waals surface area contributed by atoms with Gasteiger partial charge in [-0.3, -0.25) is 0 Å². The molecule has 25 heavy (non-hydrogen) atoms. The van der Waals surface area contributed by atoms with Gasteiger partial charge in [0.2, 0.25) is 0 Å². The van der Waals surface area contributed by atoms with Crippen LogP contribution < -0.4 is 10.6 Å². The Morgan fingerprint density at radius 3 is 2.80 bits per heavy atom. The minimum atomic E-state index is -0.00170. The zero-order valence-electron chi connectivity index (χ0n) is 14.9. The van der Waals surface area contributed by atoms with Gasteiger partial charge >= 0.3 is 6.03 Å². The Labute approximate surface area is 150 Å². The van der Waals surface area contributed by atoms with Crippen molar-refractivity contribution >= 4 is 6.03 Å². The molecule has 2 unspecified atom stereocenters. The van der Waals surface area contributed by atoms with Crippen molar-refractivity contribution in [3.63, 3.8) is 0 Å². The fourth-order valence-corrected chi connectivity index (χ4v) is 4.65. The first-order valence-corrected chi connectivity index (χ1v) is 9.65. The van der Waals surface area contributed by atoms with Crippen molar-refractivity contribution in [1.82, 2.24) is 15.5 Å². The number of hydrogen-bond acceptors (Lipinski definition) is 3. The maximum Gasteiger partial charge on any atom is 0.317 e.